The van der Waals surface area contributed by atoms with Crippen molar-refractivity contribution >= 4 is 21.4 Å². The third-order valence-corrected chi connectivity index (χ3v) is 4.37. The van der Waals surface area contributed by atoms with E-state index in [4.69, 9.17) is 22.1 Å². The molecule has 1 aromatic carbocycles. The summed E-state index contributed by atoms with van der Waals surface area (Å²) in [6.45, 7) is 2.11. The highest BCUT2D eigenvalue weighted by molar-refractivity contribution is 7.91. The Kier molecular flexibility index (Phi) is 5.24. The van der Waals surface area contributed by atoms with Crippen LogP contribution in [0.4, 0.5) is 0 Å². The minimum Gasteiger partial charge on any atom is -0.492 e. The zero-order valence-electron chi connectivity index (χ0n) is 9.65. The van der Waals surface area contributed by atoms with Crippen molar-refractivity contribution in [2.24, 2.45) is 5.73 Å². The van der Waals surface area contributed by atoms with Crippen LogP contribution in [0.15, 0.2) is 18.2 Å². The van der Waals surface area contributed by atoms with Crippen molar-refractivity contribution in [3.05, 3.63) is 28.8 Å². The predicted octanol–water partition coefficient (Wildman–Crippen LogP) is 1.61. The summed E-state index contributed by atoms with van der Waals surface area (Å²) in [5.41, 5.74) is 6.30. The Balaban J connectivity index is 2.56. The van der Waals surface area contributed by atoms with Gasteiger partial charge < -0.3 is 10.5 Å². The first-order chi connectivity index (χ1) is 7.98. The number of hydrogen-bond donors (Lipinski definition) is 1. The highest BCUT2D eigenvalue weighted by atomic mass is 35.5. The van der Waals surface area contributed by atoms with Gasteiger partial charge in [0, 0.05) is 17.3 Å². The van der Waals surface area contributed by atoms with Gasteiger partial charge in [0.05, 0.1) is 5.75 Å². The molecule has 0 aliphatic carbocycles. The Morgan fingerprint density at radius 2 is 2.12 bits per heavy atom. The smallest absolute Gasteiger partial charge is 0.153 e. The lowest BCUT2D eigenvalue weighted by molar-refractivity contribution is 0.341. The summed E-state index contributed by atoms with van der Waals surface area (Å²) < 4.78 is 27.8. The van der Waals surface area contributed by atoms with Crippen molar-refractivity contribution in [2.75, 3.05) is 18.1 Å². The normalized spacial score (nSPS) is 11.5. The van der Waals surface area contributed by atoms with Gasteiger partial charge >= 0.3 is 0 Å². The molecule has 0 amide bonds. The van der Waals surface area contributed by atoms with Crippen LogP contribution < -0.4 is 10.5 Å². The molecule has 0 aromatic heterocycles. The molecule has 2 N–H and O–H groups in total. The summed E-state index contributed by atoms with van der Waals surface area (Å²) in [5, 5.41) is 0.531. The molecular weight excluding hydrogens is 262 g/mol. The molecule has 0 saturated heterocycles. The summed E-state index contributed by atoms with van der Waals surface area (Å²) in [7, 11) is -2.99. The molecule has 0 unspecified atom stereocenters. The molecule has 1 aromatic rings. The molecule has 6 heteroatoms. The topological polar surface area (TPSA) is 69.4 Å². The zero-order chi connectivity index (χ0) is 12.9. The number of sulfone groups is 1. The van der Waals surface area contributed by atoms with Gasteiger partial charge in [-0.15, -0.1) is 0 Å². The maximum absolute atomic E-state index is 11.2. The van der Waals surface area contributed by atoms with Gasteiger partial charge in [0.25, 0.3) is 0 Å². The number of nitrogens with two attached hydrogens (primary N) is 1. The highest BCUT2D eigenvalue weighted by Crippen LogP contribution is 2.22. The Labute approximate surface area is 107 Å². The van der Waals surface area contributed by atoms with E-state index in [9.17, 15) is 8.42 Å². The SMILES string of the molecule is CCS(=O)(=O)CCOc1ccc(CN)c(Cl)c1. The van der Waals surface area contributed by atoms with Crippen molar-refractivity contribution in [3.63, 3.8) is 0 Å². The van der Waals surface area contributed by atoms with E-state index in [1.807, 2.05) is 0 Å². The van der Waals surface area contributed by atoms with Crippen LogP contribution in [0.3, 0.4) is 0 Å². The van der Waals surface area contributed by atoms with Crippen LogP contribution in [0.2, 0.25) is 5.02 Å². The highest BCUT2D eigenvalue weighted by Gasteiger charge is 2.08. The number of hydrogen-bond acceptors (Lipinski definition) is 4. The Hall–Kier alpha value is -0.780. The first kappa shape index (κ1) is 14.3. The standard InChI is InChI=1S/C11H16ClNO3S/c1-2-17(14,15)6-5-16-10-4-3-9(8-13)11(12)7-10/h3-4,7H,2,5-6,8,13H2,1H3. The lowest BCUT2D eigenvalue weighted by Gasteiger charge is -2.08. The minimum absolute atomic E-state index is 0.0137. The van der Waals surface area contributed by atoms with Gasteiger partial charge in [-0.05, 0) is 17.7 Å². The van der Waals surface area contributed by atoms with Crippen LogP contribution in [0, 0.1) is 0 Å². The van der Waals surface area contributed by atoms with Crippen molar-refractivity contribution < 1.29 is 13.2 Å². The lowest BCUT2D eigenvalue weighted by atomic mass is 10.2. The molecule has 0 bridgehead atoms. The van der Waals surface area contributed by atoms with Crippen LogP contribution in [-0.4, -0.2) is 26.5 Å². The van der Waals surface area contributed by atoms with E-state index in [0.717, 1.165) is 5.56 Å². The molecule has 0 saturated carbocycles. The molecule has 1 rings (SSSR count). The zero-order valence-corrected chi connectivity index (χ0v) is 11.2. The van der Waals surface area contributed by atoms with Crippen LogP contribution in [-0.2, 0) is 16.4 Å². The summed E-state index contributed by atoms with van der Waals surface area (Å²) in [6, 6.07) is 5.14. The molecular formula is C11H16ClNO3S. The third kappa shape index (κ3) is 4.53. The number of benzene rings is 1. The fraction of sp³-hybridized carbons (Fsp3) is 0.455. The van der Waals surface area contributed by atoms with E-state index in [-0.39, 0.29) is 18.1 Å². The summed E-state index contributed by atoms with van der Waals surface area (Å²) in [6.07, 6.45) is 0. The quantitative estimate of drug-likeness (QED) is 0.858. The largest absolute Gasteiger partial charge is 0.492 e. The fourth-order valence-corrected chi connectivity index (χ4v) is 2.09. The maximum atomic E-state index is 11.2. The van der Waals surface area contributed by atoms with Crippen LogP contribution in [0.1, 0.15) is 12.5 Å². The molecule has 0 radical (unpaired) electrons. The summed E-state index contributed by atoms with van der Waals surface area (Å²) in [5.74, 6) is 0.696. The van der Waals surface area contributed by atoms with Gasteiger partial charge in [0.2, 0.25) is 0 Å². The molecule has 4 nitrogen and oxygen atoms in total. The average molecular weight is 278 g/mol. The van der Waals surface area contributed by atoms with Gasteiger partial charge in [-0.25, -0.2) is 8.42 Å². The molecule has 0 fully saturated rings. The van der Waals surface area contributed by atoms with Crippen LogP contribution in [0.5, 0.6) is 5.75 Å². The molecule has 0 aliphatic rings. The molecule has 0 aliphatic heterocycles. The molecule has 0 atom stereocenters. The summed E-state index contributed by atoms with van der Waals surface area (Å²) in [4.78, 5) is 0. The monoisotopic (exact) mass is 277 g/mol. The van der Waals surface area contributed by atoms with E-state index in [0.29, 0.717) is 17.3 Å². The van der Waals surface area contributed by atoms with Gasteiger partial charge in [0.1, 0.15) is 12.4 Å². The van der Waals surface area contributed by atoms with Gasteiger partial charge in [0.15, 0.2) is 9.84 Å². The molecule has 0 heterocycles. The Morgan fingerprint density at radius 1 is 1.41 bits per heavy atom. The summed E-state index contributed by atoms with van der Waals surface area (Å²) >= 11 is 5.95. The number of halogens is 1. The second-order valence-corrected chi connectivity index (χ2v) is 6.42. The molecule has 0 spiro atoms. The second kappa shape index (κ2) is 6.23. The van der Waals surface area contributed by atoms with E-state index in [1.54, 1.807) is 25.1 Å². The predicted molar refractivity (Wildman–Crippen MR) is 69.2 cm³/mol. The first-order valence-corrected chi connectivity index (χ1v) is 7.50. The maximum Gasteiger partial charge on any atom is 0.153 e. The van der Waals surface area contributed by atoms with E-state index < -0.39 is 9.84 Å². The Bertz CT molecular complexity index is 474. The second-order valence-electron chi connectivity index (χ2n) is 3.54. The van der Waals surface area contributed by atoms with Crippen molar-refractivity contribution in [1.82, 2.24) is 0 Å². The van der Waals surface area contributed by atoms with Crippen molar-refractivity contribution in [2.45, 2.75) is 13.5 Å². The van der Waals surface area contributed by atoms with E-state index in [2.05, 4.69) is 0 Å². The lowest BCUT2D eigenvalue weighted by Crippen LogP contribution is -2.15. The average Bonchev–Trinajstić information content (AvgIpc) is 2.29. The van der Waals surface area contributed by atoms with E-state index >= 15 is 0 Å². The minimum atomic E-state index is -2.99. The fourth-order valence-electron chi connectivity index (χ4n) is 1.21. The van der Waals surface area contributed by atoms with Gasteiger partial charge in [-0.2, -0.15) is 0 Å². The molecule has 96 valence electrons. The van der Waals surface area contributed by atoms with Gasteiger partial charge in [-0.1, -0.05) is 24.6 Å². The Morgan fingerprint density at radius 3 is 2.65 bits per heavy atom. The van der Waals surface area contributed by atoms with Gasteiger partial charge in [-0.3, -0.25) is 0 Å². The number of ether oxygens (including phenoxy) is 1. The van der Waals surface area contributed by atoms with E-state index in [1.165, 1.54) is 0 Å². The number of rotatable bonds is 6. The van der Waals surface area contributed by atoms with Crippen molar-refractivity contribution in [1.29, 1.82) is 0 Å². The first-order valence-electron chi connectivity index (χ1n) is 5.30. The van der Waals surface area contributed by atoms with Crippen LogP contribution >= 0.6 is 11.6 Å². The van der Waals surface area contributed by atoms with Crippen molar-refractivity contribution in [3.8, 4) is 5.75 Å². The molecule has 17 heavy (non-hydrogen) atoms. The third-order valence-electron chi connectivity index (χ3n) is 2.35. The van der Waals surface area contributed by atoms with Crippen LogP contribution in [0.25, 0.3) is 0 Å².